The molecule has 40 heavy (non-hydrogen) atoms. The van der Waals surface area contributed by atoms with Crippen molar-refractivity contribution >= 4 is 27.2 Å². The predicted octanol–water partition coefficient (Wildman–Crippen LogP) is 3.29. The third kappa shape index (κ3) is 4.39. The summed E-state index contributed by atoms with van der Waals surface area (Å²) in [5.41, 5.74) is 10.3. The van der Waals surface area contributed by atoms with Gasteiger partial charge in [-0.1, -0.05) is 6.07 Å². The Morgan fingerprint density at radius 3 is 2.42 bits per heavy atom. The quantitative estimate of drug-likeness (QED) is 0.364. The number of methoxy groups -OCH3 is 1. The number of carbonyl (C=O) groups excluding carboxylic acids is 1. The summed E-state index contributed by atoms with van der Waals surface area (Å²) >= 11 is 0. The number of hydrogen-bond donors (Lipinski definition) is 2. The summed E-state index contributed by atoms with van der Waals surface area (Å²) in [7, 11) is -6.27. The molecule has 3 atom stereocenters. The van der Waals surface area contributed by atoms with Crippen molar-refractivity contribution in [2.24, 2.45) is 0 Å². The lowest BCUT2D eigenvalue weighted by Gasteiger charge is -2.39. The number of nitrogens with two attached hydrogens (primary N) is 1. The van der Waals surface area contributed by atoms with Crippen LogP contribution in [0.1, 0.15) is 41.4 Å². The molecular formula is C29H31N5O5S. The molecular weight excluding hydrogens is 530 g/mol. The van der Waals surface area contributed by atoms with Crippen molar-refractivity contribution in [2.75, 3.05) is 25.6 Å². The van der Waals surface area contributed by atoms with E-state index < -0.39 is 23.5 Å². The summed E-state index contributed by atoms with van der Waals surface area (Å²) in [5, 5.41) is 9.45. The van der Waals surface area contributed by atoms with Gasteiger partial charge < -0.3 is 20.5 Å². The molecule has 0 spiro atoms. The fourth-order valence-electron chi connectivity index (χ4n) is 6.33. The first-order valence-corrected chi connectivity index (χ1v) is 14.9. The number of rotatable bonds is 6. The van der Waals surface area contributed by atoms with Crippen molar-refractivity contribution < 1.29 is 27.2 Å². The Labute approximate surface area is 236 Å². The van der Waals surface area contributed by atoms with Crippen molar-refractivity contribution in [3.05, 3.63) is 60.6 Å². The molecule has 1 unspecified atom stereocenters. The van der Waals surface area contributed by atoms with Gasteiger partial charge in [0.15, 0.2) is 9.84 Å². The van der Waals surface area contributed by atoms with Gasteiger partial charge >= 0.3 is 0 Å². The van der Waals surface area contributed by atoms with E-state index in [9.17, 15) is 18.3 Å². The second-order valence-electron chi connectivity index (χ2n) is 10.5. The molecule has 5 heterocycles. The summed E-state index contributed by atoms with van der Waals surface area (Å²) in [5.74, 6) is -0.217. The van der Waals surface area contributed by atoms with Crippen LogP contribution < -0.4 is 10.5 Å². The summed E-state index contributed by atoms with van der Waals surface area (Å²) in [6.07, 6.45) is 7.17. The van der Waals surface area contributed by atoms with Crippen LogP contribution >= 0.6 is 0 Å². The summed E-state index contributed by atoms with van der Waals surface area (Å²) in [4.78, 5) is 23.7. The minimum Gasteiger partial charge on any atom is -0.497 e. The molecule has 2 bridgehead atoms. The largest absolute Gasteiger partial charge is 0.497 e. The lowest BCUT2D eigenvalue weighted by molar-refractivity contribution is -0.138. The molecule has 3 N–H and O–H groups in total. The van der Waals surface area contributed by atoms with E-state index in [1.54, 1.807) is 46.0 Å². The van der Waals surface area contributed by atoms with Crippen LogP contribution in [0.4, 0.5) is 5.82 Å². The van der Waals surface area contributed by atoms with Crippen LogP contribution in [0.25, 0.3) is 28.0 Å². The number of benzene rings is 1. The summed E-state index contributed by atoms with van der Waals surface area (Å²) in [6.45, 7) is -0.548. The zero-order valence-corrected chi connectivity index (χ0v) is 22.6. The number of aliphatic hydroxyl groups excluding tert-OH is 1. The van der Waals surface area contributed by atoms with E-state index in [0.29, 0.717) is 29.9 Å². The SMILES string of the molecule is [2H]C([2H])([2H])Oc1ccc(-c2ccc(-c3ccn4c(N)c(S(C)(=O)=O)c(C5C[C@H]6CC[C@@H](C5)N6C(=O)CO)nc34)cn2)cc1. The molecule has 0 radical (unpaired) electrons. The lowest BCUT2D eigenvalue weighted by Crippen LogP contribution is -2.47. The van der Waals surface area contributed by atoms with Crippen LogP contribution in [0.5, 0.6) is 5.75 Å². The number of amides is 1. The highest BCUT2D eigenvalue weighted by Gasteiger charge is 2.45. The first-order valence-electron chi connectivity index (χ1n) is 14.5. The molecule has 2 aliphatic heterocycles. The Hall–Kier alpha value is -3.96. The molecule has 1 aromatic carbocycles. The van der Waals surface area contributed by atoms with Gasteiger partial charge in [-0.3, -0.25) is 14.2 Å². The molecule has 1 amide bonds. The van der Waals surface area contributed by atoms with Crippen LogP contribution in [0.15, 0.2) is 59.8 Å². The number of aliphatic hydroxyl groups is 1. The van der Waals surface area contributed by atoms with Crippen LogP contribution in [0.3, 0.4) is 0 Å². The Morgan fingerprint density at radius 2 is 1.82 bits per heavy atom. The average molecular weight is 565 g/mol. The van der Waals surface area contributed by atoms with Gasteiger partial charge in [-0.05, 0) is 62.1 Å². The molecule has 2 fully saturated rings. The van der Waals surface area contributed by atoms with E-state index >= 15 is 0 Å². The minimum atomic E-state index is -3.74. The van der Waals surface area contributed by atoms with Crippen molar-refractivity contribution in [3.8, 4) is 28.1 Å². The van der Waals surface area contributed by atoms with Crippen LogP contribution in [-0.4, -0.2) is 70.7 Å². The average Bonchev–Trinajstić information content (AvgIpc) is 3.49. The Morgan fingerprint density at radius 1 is 1.12 bits per heavy atom. The smallest absolute Gasteiger partial charge is 0.248 e. The molecule has 208 valence electrons. The number of pyridine rings is 1. The van der Waals surface area contributed by atoms with E-state index in [1.165, 1.54) is 0 Å². The zero-order chi connectivity index (χ0) is 30.7. The van der Waals surface area contributed by atoms with Gasteiger partial charge in [0.05, 0.1) is 22.5 Å². The lowest BCUT2D eigenvalue weighted by atomic mass is 9.87. The Balaban J connectivity index is 1.36. The number of piperidine rings is 1. The molecule has 2 saturated heterocycles. The van der Waals surface area contributed by atoms with Crippen molar-refractivity contribution in [1.82, 2.24) is 19.3 Å². The highest BCUT2D eigenvalue weighted by Crippen LogP contribution is 2.45. The van der Waals surface area contributed by atoms with Crippen LogP contribution in [0, 0.1) is 0 Å². The second-order valence-corrected chi connectivity index (χ2v) is 12.4. The van der Waals surface area contributed by atoms with E-state index in [2.05, 4.69) is 4.98 Å². The molecule has 3 aromatic heterocycles. The number of nitrogen functional groups attached to an aromatic ring is 1. The Kier molecular flexibility index (Phi) is 5.65. The van der Waals surface area contributed by atoms with Crippen LogP contribution in [-0.2, 0) is 14.6 Å². The zero-order valence-electron chi connectivity index (χ0n) is 24.8. The van der Waals surface area contributed by atoms with Crippen LogP contribution in [0.2, 0.25) is 0 Å². The number of sulfone groups is 1. The second kappa shape index (κ2) is 9.90. The van der Waals surface area contributed by atoms with Gasteiger partial charge in [0, 0.05) is 53.3 Å². The first-order chi connectivity index (χ1) is 20.3. The number of ether oxygens (including phenoxy) is 1. The molecule has 0 saturated carbocycles. The van der Waals surface area contributed by atoms with E-state index in [0.717, 1.165) is 35.8 Å². The minimum absolute atomic E-state index is 0.00729. The third-order valence-corrected chi connectivity index (χ3v) is 9.23. The third-order valence-electron chi connectivity index (χ3n) is 8.07. The van der Waals surface area contributed by atoms with Gasteiger partial charge in [-0.15, -0.1) is 0 Å². The highest BCUT2D eigenvalue weighted by atomic mass is 32.2. The molecule has 11 heteroatoms. The number of hydrogen-bond acceptors (Lipinski definition) is 8. The van der Waals surface area contributed by atoms with Gasteiger partial charge in [-0.2, -0.15) is 0 Å². The topological polar surface area (TPSA) is 140 Å². The maximum absolute atomic E-state index is 13.0. The number of aromatic nitrogens is 3. The fourth-order valence-corrected chi connectivity index (χ4v) is 7.40. The van der Waals surface area contributed by atoms with Crippen molar-refractivity contribution in [2.45, 2.75) is 48.6 Å². The molecule has 4 aromatic rings. The summed E-state index contributed by atoms with van der Waals surface area (Å²) in [6, 6.07) is 11.9. The monoisotopic (exact) mass is 564 g/mol. The van der Waals surface area contributed by atoms with E-state index in [1.807, 2.05) is 18.2 Å². The normalized spacial score (nSPS) is 22.1. The van der Waals surface area contributed by atoms with Gasteiger partial charge in [0.1, 0.15) is 28.7 Å². The molecule has 6 rings (SSSR count). The van der Waals surface area contributed by atoms with E-state index in [-0.39, 0.29) is 40.4 Å². The van der Waals surface area contributed by atoms with Crippen molar-refractivity contribution in [1.29, 1.82) is 0 Å². The van der Waals surface area contributed by atoms with Gasteiger partial charge in [-0.25, -0.2) is 13.4 Å². The van der Waals surface area contributed by atoms with Gasteiger partial charge in [0.25, 0.3) is 0 Å². The molecule has 0 aliphatic carbocycles. The number of fused-ring (bicyclic) bond motifs is 3. The van der Waals surface area contributed by atoms with Crippen molar-refractivity contribution in [3.63, 3.8) is 0 Å². The standard InChI is InChI=1S/C29H31N5O5S/c1-39-22-8-3-17(4-9-22)24-10-5-18(15-31-24)23-11-12-33-28(30)27(40(2,37)38)26(32-29(23)33)19-13-20-6-7-21(14-19)34(20)25(36)16-35/h3-5,8-12,15,19-21,35H,6-7,13-14,16,30H2,1-2H3/t19?,20-,21+/i1D3. The number of anilines is 1. The summed E-state index contributed by atoms with van der Waals surface area (Å²) < 4.78 is 54.3. The maximum atomic E-state index is 13.0. The Bertz CT molecular complexity index is 1790. The van der Waals surface area contributed by atoms with E-state index in [4.69, 9.17) is 19.6 Å². The fraction of sp³-hybridized carbons (Fsp3) is 0.345. The molecule has 10 nitrogen and oxygen atoms in total. The first kappa shape index (κ1) is 22.8. The maximum Gasteiger partial charge on any atom is 0.248 e. The highest BCUT2D eigenvalue weighted by molar-refractivity contribution is 7.91. The number of carbonyl (C=O) groups is 1. The number of nitrogens with zero attached hydrogens (tertiary/aromatic N) is 4. The van der Waals surface area contributed by atoms with Gasteiger partial charge in [0.2, 0.25) is 5.91 Å². The predicted molar refractivity (Wildman–Crippen MR) is 151 cm³/mol. The molecule has 2 aliphatic rings.